The van der Waals surface area contributed by atoms with Crippen molar-refractivity contribution in [3.8, 4) is 5.75 Å². The van der Waals surface area contributed by atoms with Crippen LogP contribution in [0.5, 0.6) is 5.75 Å². The van der Waals surface area contributed by atoms with Gasteiger partial charge >= 0.3 is 0 Å². The number of aryl methyl sites for hydroxylation is 1. The van der Waals surface area contributed by atoms with Crippen molar-refractivity contribution in [1.82, 2.24) is 10.3 Å². The molecule has 1 aromatic rings. The molecule has 0 fully saturated rings. The van der Waals surface area contributed by atoms with Gasteiger partial charge in [0, 0.05) is 17.8 Å². The van der Waals surface area contributed by atoms with Crippen LogP contribution in [0.1, 0.15) is 46.0 Å². The highest BCUT2D eigenvalue weighted by Gasteiger charge is 2.16. The zero-order valence-corrected chi connectivity index (χ0v) is 12.8. The number of nitrogens with zero attached hydrogens (tertiary/aromatic N) is 1. The molecule has 0 aliphatic carbocycles. The Bertz CT molecular complexity index is 411. The van der Waals surface area contributed by atoms with Gasteiger partial charge in [-0.25, -0.2) is 0 Å². The summed E-state index contributed by atoms with van der Waals surface area (Å²) in [5, 5.41) is 12.9. The van der Waals surface area contributed by atoms with Crippen LogP contribution >= 0.6 is 0 Å². The summed E-state index contributed by atoms with van der Waals surface area (Å²) in [6.45, 7) is 12.5. The van der Waals surface area contributed by atoms with E-state index in [1.807, 2.05) is 26.0 Å². The molecule has 4 nitrogen and oxygen atoms in total. The molecular formula is C15H26N2O2. The highest BCUT2D eigenvalue weighted by Crippen LogP contribution is 2.20. The van der Waals surface area contributed by atoms with Gasteiger partial charge in [-0.1, -0.05) is 0 Å². The summed E-state index contributed by atoms with van der Waals surface area (Å²) in [6, 6.07) is 3.84. The second-order valence-corrected chi connectivity index (χ2v) is 6.06. The van der Waals surface area contributed by atoms with Crippen molar-refractivity contribution in [2.24, 2.45) is 0 Å². The molecular weight excluding hydrogens is 240 g/mol. The molecule has 1 rings (SSSR count). The van der Waals surface area contributed by atoms with Gasteiger partial charge in [0.1, 0.15) is 11.9 Å². The minimum absolute atomic E-state index is 0.0264. The number of aliphatic hydroxyl groups excluding tert-OH is 1. The predicted octanol–water partition coefficient (Wildman–Crippen LogP) is 2.43. The first-order valence-electron chi connectivity index (χ1n) is 6.75. The smallest absolute Gasteiger partial charge is 0.142 e. The summed E-state index contributed by atoms with van der Waals surface area (Å²) < 4.78 is 5.77. The van der Waals surface area contributed by atoms with Gasteiger partial charge in [0.15, 0.2) is 0 Å². The Hall–Kier alpha value is -1.13. The van der Waals surface area contributed by atoms with Gasteiger partial charge < -0.3 is 15.2 Å². The highest BCUT2D eigenvalue weighted by atomic mass is 16.5. The van der Waals surface area contributed by atoms with Crippen LogP contribution in [-0.2, 0) is 6.54 Å². The van der Waals surface area contributed by atoms with Crippen molar-refractivity contribution in [1.29, 1.82) is 0 Å². The lowest BCUT2D eigenvalue weighted by molar-refractivity contribution is 0.0593. The normalized spacial score (nSPS) is 15.1. The fraction of sp³-hybridized carbons (Fsp3) is 0.667. The van der Waals surface area contributed by atoms with E-state index in [1.165, 1.54) is 0 Å². The number of aliphatic hydroxyl groups is 1. The number of hydrogen-bond acceptors (Lipinski definition) is 4. The third-order valence-corrected chi connectivity index (χ3v) is 2.85. The highest BCUT2D eigenvalue weighted by molar-refractivity contribution is 5.29. The molecule has 0 bridgehead atoms. The van der Waals surface area contributed by atoms with Crippen LogP contribution in [0.15, 0.2) is 12.1 Å². The fourth-order valence-corrected chi connectivity index (χ4v) is 1.48. The lowest BCUT2D eigenvalue weighted by atomic mass is 10.1. The minimum atomic E-state index is -0.510. The molecule has 0 spiro atoms. The van der Waals surface area contributed by atoms with Gasteiger partial charge in [0.05, 0.1) is 11.8 Å². The summed E-state index contributed by atoms with van der Waals surface area (Å²) >= 11 is 0. The molecule has 0 aliphatic heterocycles. The van der Waals surface area contributed by atoms with Crippen molar-refractivity contribution in [3.05, 3.63) is 23.5 Å². The van der Waals surface area contributed by atoms with Gasteiger partial charge in [0.25, 0.3) is 0 Å². The first kappa shape index (κ1) is 15.9. The molecule has 19 heavy (non-hydrogen) atoms. The molecule has 2 atom stereocenters. The summed E-state index contributed by atoms with van der Waals surface area (Å²) in [5.74, 6) is 0.732. The van der Waals surface area contributed by atoms with Gasteiger partial charge in [-0.3, -0.25) is 4.98 Å². The van der Waals surface area contributed by atoms with Crippen LogP contribution in [0.25, 0.3) is 0 Å². The van der Waals surface area contributed by atoms with E-state index in [1.54, 1.807) is 6.92 Å². The largest absolute Gasteiger partial charge is 0.486 e. The molecule has 0 radical (unpaired) electrons. The fourth-order valence-electron chi connectivity index (χ4n) is 1.48. The van der Waals surface area contributed by atoms with Crippen LogP contribution < -0.4 is 10.1 Å². The van der Waals surface area contributed by atoms with Crippen LogP contribution in [-0.4, -0.2) is 27.8 Å². The number of rotatable bonds is 5. The van der Waals surface area contributed by atoms with E-state index in [0.717, 1.165) is 17.1 Å². The first-order chi connectivity index (χ1) is 8.69. The van der Waals surface area contributed by atoms with Crippen LogP contribution in [0, 0.1) is 6.92 Å². The molecule has 2 N–H and O–H groups in total. The zero-order valence-electron chi connectivity index (χ0n) is 12.8. The van der Waals surface area contributed by atoms with E-state index in [2.05, 4.69) is 31.1 Å². The molecule has 0 saturated heterocycles. The Kier molecular flexibility index (Phi) is 5.32. The third kappa shape index (κ3) is 5.57. The second-order valence-electron chi connectivity index (χ2n) is 6.06. The Morgan fingerprint density at radius 1 is 1.32 bits per heavy atom. The number of ether oxygens (including phenoxy) is 1. The minimum Gasteiger partial charge on any atom is -0.486 e. The van der Waals surface area contributed by atoms with E-state index in [0.29, 0.717) is 6.54 Å². The molecule has 2 unspecified atom stereocenters. The number of pyridine rings is 1. The number of hydrogen-bond donors (Lipinski definition) is 2. The van der Waals surface area contributed by atoms with E-state index in [4.69, 9.17) is 4.74 Å². The molecule has 0 aliphatic rings. The molecule has 108 valence electrons. The average Bonchev–Trinajstić information content (AvgIpc) is 2.28. The van der Waals surface area contributed by atoms with Crippen molar-refractivity contribution in [2.75, 3.05) is 0 Å². The van der Waals surface area contributed by atoms with E-state index < -0.39 is 6.10 Å². The van der Waals surface area contributed by atoms with E-state index in [9.17, 15) is 5.11 Å². The van der Waals surface area contributed by atoms with Crippen molar-refractivity contribution >= 4 is 0 Å². The van der Waals surface area contributed by atoms with Crippen LogP contribution in [0.3, 0.4) is 0 Å². The van der Waals surface area contributed by atoms with E-state index >= 15 is 0 Å². The number of nitrogens with one attached hydrogen (secondary N) is 1. The lowest BCUT2D eigenvalue weighted by Crippen LogP contribution is -2.35. The number of aromatic nitrogens is 1. The van der Waals surface area contributed by atoms with Crippen LogP contribution in [0.4, 0.5) is 0 Å². The SMILES string of the molecule is Cc1ccc(OC(C)C(C)O)c(CNC(C)(C)C)n1. The summed E-state index contributed by atoms with van der Waals surface area (Å²) in [4.78, 5) is 4.52. The molecule has 0 saturated carbocycles. The molecule has 1 heterocycles. The Morgan fingerprint density at radius 3 is 2.47 bits per heavy atom. The summed E-state index contributed by atoms with van der Waals surface area (Å²) in [6.07, 6.45) is -0.761. The van der Waals surface area contributed by atoms with Crippen molar-refractivity contribution in [2.45, 2.75) is 65.8 Å². The first-order valence-corrected chi connectivity index (χ1v) is 6.75. The van der Waals surface area contributed by atoms with Crippen molar-refractivity contribution in [3.63, 3.8) is 0 Å². The third-order valence-electron chi connectivity index (χ3n) is 2.85. The monoisotopic (exact) mass is 266 g/mol. The summed E-state index contributed by atoms with van der Waals surface area (Å²) in [5.41, 5.74) is 1.86. The predicted molar refractivity (Wildman–Crippen MR) is 77.3 cm³/mol. The second kappa shape index (κ2) is 6.35. The molecule has 1 aromatic heterocycles. The maximum absolute atomic E-state index is 9.53. The van der Waals surface area contributed by atoms with Gasteiger partial charge in [-0.05, 0) is 53.7 Å². The average molecular weight is 266 g/mol. The Labute approximate surface area is 116 Å². The van der Waals surface area contributed by atoms with Gasteiger partial charge in [-0.2, -0.15) is 0 Å². The quantitative estimate of drug-likeness (QED) is 0.859. The zero-order chi connectivity index (χ0) is 14.6. The standard InChI is InChI=1S/C15H26N2O2/c1-10-7-8-14(19-12(3)11(2)18)13(17-10)9-16-15(4,5)6/h7-8,11-12,16,18H,9H2,1-6H3. The molecule has 0 aromatic carbocycles. The Morgan fingerprint density at radius 2 is 1.95 bits per heavy atom. The van der Waals surface area contributed by atoms with Crippen LogP contribution in [0.2, 0.25) is 0 Å². The maximum Gasteiger partial charge on any atom is 0.142 e. The lowest BCUT2D eigenvalue weighted by Gasteiger charge is -2.23. The molecule has 0 amide bonds. The Balaban J connectivity index is 2.85. The van der Waals surface area contributed by atoms with E-state index in [-0.39, 0.29) is 11.6 Å². The topological polar surface area (TPSA) is 54.4 Å². The van der Waals surface area contributed by atoms with Gasteiger partial charge in [0.2, 0.25) is 0 Å². The van der Waals surface area contributed by atoms with Crippen molar-refractivity contribution < 1.29 is 9.84 Å². The summed E-state index contributed by atoms with van der Waals surface area (Å²) in [7, 11) is 0. The molecule has 4 heteroatoms. The maximum atomic E-state index is 9.53. The van der Waals surface area contributed by atoms with Gasteiger partial charge in [-0.15, -0.1) is 0 Å².